The van der Waals surface area contributed by atoms with Gasteiger partial charge in [-0.2, -0.15) is 8.42 Å². The molecule has 0 aliphatic carbocycles. The predicted octanol–water partition coefficient (Wildman–Crippen LogP) is 2.80. The van der Waals surface area contributed by atoms with E-state index in [4.69, 9.17) is 9.29 Å². The average molecular weight is 417 g/mol. The molecule has 5 nitrogen and oxygen atoms in total. The van der Waals surface area contributed by atoms with E-state index in [-0.39, 0.29) is 37.6 Å². The number of carbonyl (C=O) groups excluding carboxylic acids is 1. The van der Waals surface area contributed by atoms with Crippen molar-refractivity contribution in [1.82, 2.24) is 0 Å². The SMILES string of the molecule is CCCCCCCCCCCCCCCCCCOC(=O)CS(=O)(=O)O.[H-].[Na+]. The summed E-state index contributed by atoms with van der Waals surface area (Å²) in [7, 11) is -4.27. The predicted molar refractivity (Wildman–Crippen MR) is 108 cm³/mol. The van der Waals surface area contributed by atoms with Crippen LogP contribution < -0.4 is 29.6 Å². The summed E-state index contributed by atoms with van der Waals surface area (Å²) in [5.41, 5.74) is 0. The number of ether oxygens (including phenoxy) is 1. The fourth-order valence-electron chi connectivity index (χ4n) is 3.03. The summed E-state index contributed by atoms with van der Waals surface area (Å²) in [6, 6.07) is 0. The molecule has 0 aromatic rings. The largest absolute Gasteiger partial charge is 1.00 e. The van der Waals surface area contributed by atoms with E-state index in [1.165, 1.54) is 83.5 Å². The maximum Gasteiger partial charge on any atom is 1.00 e. The molecule has 0 fully saturated rings. The Morgan fingerprint density at radius 2 is 1.07 bits per heavy atom. The van der Waals surface area contributed by atoms with Crippen LogP contribution in [0.1, 0.15) is 111 Å². The molecule has 0 bridgehead atoms. The number of carbonyl (C=O) groups is 1. The smallest absolute Gasteiger partial charge is 1.00 e. The Balaban J connectivity index is -0.00000312. The number of esters is 1. The van der Waals surface area contributed by atoms with E-state index in [9.17, 15) is 13.2 Å². The van der Waals surface area contributed by atoms with Gasteiger partial charge in [-0.05, 0) is 6.42 Å². The molecule has 0 heterocycles. The Bertz CT molecular complexity index is 432. The molecule has 0 saturated carbocycles. The van der Waals surface area contributed by atoms with Crippen molar-refractivity contribution in [2.75, 3.05) is 12.4 Å². The number of hydrogen-bond acceptors (Lipinski definition) is 4. The Hall–Kier alpha value is 0.380. The first-order valence-corrected chi connectivity index (χ1v) is 12.2. The van der Waals surface area contributed by atoms with E-state index >= 15 is 0 Å². The number of hydrogen-bond donors (Lipinski definition) is 1. The van der Waals surface area contributed by atoms with Crippen LogP contribution >= 0.6 is 0 Å². The van der Waals surface area contributed by atoms with Gasteiger partial charge in [-0.3, -0.25) is 9.35 Å². The second kappa shape index (κ2) is 21.1. The maximum atomic E-state index is 11.1. The standard InChI is InChI=1S/C20H40O5S.Na.H/c1-2-3-4-5-6-7-8-9-10-11-12-13-14-15-16-17-18-25-20(21)19-26(22,23)24;;/h2-19H2,1H3,(H,22,23,24);;/q;+1;-1. The van der Waals surface area contributed by atoms with E-state index in [1.807, 2.05) is 0 Å². The van der Waals surface area contributed by atoms with E-state index in [1.54, 1.807) is 0 Å². The van der Waals surface area contributed by atoms with Gasteiger partial charge < -0.3 is 6.16 Å². The molecule has 0 radical (unpaired) electrons. The monoisotopic (exact) mass is 416 g/mol. The first-order chi connectivity index (χ1) is 12.5. The van der Waals surface area contributed by atoms with Crippen molar-refractivity contribution >= 4 is 16.1 Å². The molecule has 0 aromatic carbocycles. The van der Waals surface area contributed by atoms with Crippen LogP contribution in [0.4, 0.5) is 0 Å². The van der Waals surface area contributed by atoms with Crippen LogP contribution in [0.3, 0.4) is 0 Å². The van der Waals surface area contributed by atoms with Gasteiger partial charge in [0.1, 0.15) is 0 Å². The van der Waals surface area contributed by atoms with Gasteiger partial charge in [0.25, 0.3) is 10.1 Å². The van der Waals surface area contributed by atoms with Crippen LogP contribution in [0, 0.1) is 0 Å². The van der Waals surface area contributed by atoms with Gasteiger partial charge >= 0.3 is 35.5 Å². The molecule has 0 aliphatic rings. The molecule has 0 saturated heterocycles. The van der Waals surface area contributed by atoms with Crippen LogP contribution in [0.2, 0.25) is 0 Å². The summed E-state index contributed by atoms with van der Waals surface area (Å²) in [6.07, 6.45) is 20.4. The van der Waals surface area contributed by atoms with Crippen LogP contribution in [-0.2, 0) is 19.6 Å². The molecule has 1 N–H and O–H groups in total. The normalized spacial score (nSPS) is 11.2. The van der Waals surface area contributed by atoms with Crippen molar-refractivity contribution in [1.29, 1.82) is 0 Å². The van der Waals surface area contributed by atoms with Gasteiger partial charge in [-0.25, -0.2) is 0 Å². The summed E-state index contributed by atoms with van der Waals surface area (Å²) in [5.74, 6) is -1.83. The second-order valence-electron chi connectivity index (χ2n) is 7.25. The van der Waals surface area contributed by atoms with Gasteiger partial charge in [0.05, 0.1) is 6.61 Å². The third kappa shape index (κ3) is 26.4. The molecule has 0 aromatic heterocycles. The first kappa shape index (κ1) is 29.6. The molecule has 0 amide bonds. The van der Waals surface area contributed by atoms with Gasteiger partial charge in [-0.15, -0.1) is 0 Å². The average Bonchev–Trinajstić information content (AvgIpc) is 2.56. The number of rotatable bonds is 19. The van der Waals surface area contributed by atoms with E-state index in [2.05, 4.69) is 6.92 Å². The Labute approximate surface area is 190 Å². The van der Waals surface area contributed by atoms with Crippen LogP contribution in [0.15, 0.2) is 0 Å². The van der Waals surface area contributed by atoms with Crippen LogP contribution in [0.5, 0.6) is 0 Å². The van der Waals surface area contributed by atoms with Gasteiger partial charge in [0.2, 0.25) is 0 Å². The van der Waals surface area contributed by atoms with Gasteiger partial charge in [-0.1, -0.05) is 103 Å². The second-order valence-corrected chi connectivity index (χ2v) is 8.70. The fraction of sp³-hybridized carbons (Fsp3) is 0.950. The third-order valence-electron chi connectivity index (χ3n) is 4.56. The van der Waals surface area contributed by atoms with E-state index in [0.29, 0.717) is 0 Å². The summed E-state index contributed by atoms with van der Waals surface area (Å²) in [4.78, 5) is 11.1. The minimum absolute atomic E-state index is 0. The molecule has 158 valence electrons. The minimum atomic E-state index is -4.27. The fourth-order valence-corrected chi connectivity index (χ4v) is 3.41. The van der Waals surface area contributed by atoms with Crippen LogP contribution in [0.25, 0.3) is 0 Å². The molecular formula is C20H41NaO5S. The topological polar surface area (TPSA) is 80.7 Å². The van der Waals surface area contributed by atoms with Crippen molar-refractivity contribution in [3.63, 3.8) is 0 Å². The van der Waals surface area contributed by atoms with E-state index < -0.39 is 21.8 Å². The zero-order valence-corrected chi connectivity index (χ0v) is 20.5. The molecule has 7 heteroatoms. The molecule has 0 spiro atoms. The Kier molecular flexibility index (Phi) is 23.1. The van der Waals surface area contributed by atoms with Gasteiger partial charge in [0.15, 0.2) is 5.75 Å². The van der Waals surface area contributed by atoms with E-state index in [0.717, 1.165) is 19.3 Å². The summed E-state index contributed by atoms with van der Waals surface area (Å²) in [6.45, 7) is 2.49. The van der Waals surface area contributed by atoms with Crippen LogP contribution in [-0.4, -0.2) is 31.3 Å². The zero-order chi connectivity index (χ0) is 19.5. The van der Waals surface area contributed by atoms with Crippen molar-refractivity contribution in [3.05, 3.63) is 0 Å². The first-order valence-electron chi connectivity index (χ1n) is 10.6. The Morgan fingerprint density at radius 1 is 0.741 bits per heavy atom. The van der Waals surface area contributed by atoms with Crippen molar-refractivity contribution in [2.24, 2.45) is 0 Å². The molecule has 0 unspecified atom stereocenters. The minimum Gasteiger partial charge on any atom is -1.00 e. The van der Waals surface area contributed by atoms with Crippen molar-refractivity contribution in [3.8, 4) is 0 Å². The molecule has 27 heavy (non-hydrogen) atoms. The molecule has 0 rings (SSSR count). The third-order valence-corrected chi connectivity index (χ3v) is 5.16. The quantitative estimate of drug-likeness (QED) is 0.152. The van der Waals surface area contributed by atoms with Crippen molar-refractivity contribution in [2.45, 2.75) is 110 Å². The maximum absolute atomic E-state index is 11.1. The number of unbranched alkanes of at least 4 members (excludes halogenated alkanes) is 15. The summed E-state index contributed by atoms with van der Waals surface area (Å²) >= 11 is 0. The molecule has 0 aliphatic heterocycles. The van der Waals surface area contributed by atoms with Crippen molar-refractivity contribution < 1.29 is 53.5 Å². The molecular weight excluding hydrogens is 375 g/mol. The summed E-state index contributed by atoms with van der Waals surface area (Å²) in [5, 5.41) is 0. The van der Waals surface area contributed by atoms with Gasteiger partial charge in [0, 0.05) is 0 Å². The Morgan fingerprint density at radius 3 is 1.41 bits per heavy atom. The zero-order valence-electron chi connectivity index (χ0n) is 18.7. The molecule has 0 atom stereocenters. The summed E-state index contributed by atoms with van der Waals surface area (Å²) < 4.78 is 34.2.